The Labute approximate surface area is 119 Å². The van der Waals surface area contributed by atoms with Crippen LogP contribution in [0.15, 0.2) is 18.2 Å². The second-order valence-corrected chi connectivity index (χ2v) is 6.12. The summed E-state index contributed by atoms with van der Waals surface area (Å²) in [5.41, 5.74) is -0.571. The summed E-state index contributed by atoms with van der Waals surface area (Å²) in [5, 5.41) is 10.5. The Balaban J connectivity index is 2.24. The van der Waals surface area contributed by atoms with Gasteiger partial charge in [0.05, 0.1) is 6.10 Å². The van der Waals surface area contributed by atoms with Crippen molar-refractivity contribution in [2.45, 2.75) is 51.2 Å². The number of aliphatic hydroxyl groups excluding tert-OH is 1. The molecular weight excluding hydrogens is 260 g/mol. The topological polar surface area (TPSA) is 23.5 Å². The fraction of sp³-hybridized carbons (Fsp3) is 0.625. The highest BCUT2D eigenvalue weighted by Gasteiger charge is 2.36. The first kappa shape index (κ1) is 15.4. The summed E-state index contributed by atoms with van der Waals surface area (Å²) in [5.74, 6) is -1.08. The molecule has 1 heterocycles. The highest BCUT2D eigenvalue weighted by atomic mass is 19.1. The van der Waals surface area contributed by atoms with Gasteiger partial charge in [-0.2, -0.15) is 0 Å². The Morgan fingerprint density at radius 3 is 2.30 bits per heavy atom. The standard InChI is InChI=1S/C16H23F2NO/c1-16(2,19-9-5-3-4-6-10-19)15(20)13-11-12(17)7-8-14(13)18/h7-8,11,15,20H,3-6,9-10H2,1-2H3. The maximum absolute atomic E-state index is 13.9. The van der Waals surface area contributed by atoms with Crippen molar-refractivity contribution in [1.29, 1.82) is 0 Å². The number of hydrogen-bond acceptors (Lipinski definition) is 2. The normalized spacial score (nSPS) is 19.6. The fourth-order valence-corrected chi connectivity index (χ4v) is 2.92. The third-order valence-corrected chi connectivity index (χ3v) is 4.34. The fourth-order valence-electron chi connectivity index (χ4n) is 2.92. The van der Waals surface area contributed by atoms with Gasteiger partial charge in [0, 0.05) is 11.1 Å². The number of rotatable bonds is 3. The molecule has 1 unspecified atom stereocenters. The van der Waals surface area contributed by atoms with Crippen molar-refractivity contribution >= 4 is 0 Å². The lowest BCUT2D eigenvalue weighted by atomic mass is 9.88. The van der Waals surface area contributed by atoms with E-state index in [1.807, 2.05) is 13.8 Å². The molecule has 0 spiro atoms. The van der Waals surface area contributed by atoms with E-state index in [9.17, 15) is 13.9 Å². The van der Waals surface area contributed by atoms with Crippen molar-refractivity contribution in [3.8, 4) is 0 Å². The van der Waals surface area contributed by atoms with Crippen LogP contribution in [0.5, 0.6) is 0 Å². The summed E-state index contributed by atoms with van der Waals surface area (Å²) in [6, 6.07) is 3.25. The van der Waals surface area contributed by atoms with Crippen LogP contribution in [0.4, 0.5) is 8.78 Å². The van der Waals surface area contributed by atoms with Gasteiger partial charge in [-0.05, 0) is 58.0 Å². The van der Waals surface area contributed by atoms with Gasteiger partial charge >= 0.3 is 0 Å². The van der Waals surface area contributed by atoms with Crippen molar-refractivity contribution in [2.75, 3.05) is 13.1 Å². The highest BCUT2D eigenvalue weighted by Crippen LogP contribution is 2.34. The lowest BCUT2D eigenvalue weighted by molar-refractivity contribution is -0.0120. The molecule has 1 aliphatic heterocycles. The van der Waals surface area contributed by atoms with Crippen LogP contribution in [0.3, 0.4) is 0 Å². The zero-order chi connectivity index (χ0) is 14.8. The molecule has 1 fully saturated rings. The van der Waals surface area contributed by atoms with Crippen molar-refractivity contribution in [2.24, 2.45) is 0 Å². The number of hydrogen-bond donors (Lipinski definition) is 1. The van der Waals surface area contributed by atoms with Crippen LogP contribution in [0.1, 0.15) is 51.2 Å². The molecule has 2 nitrogen and oxygen atoms in total. The summed E-state index contributed by atoms with van der Waals surface area (Å²) in [6.45, 7) is 5.57. The second kappa shape index (κ2) is 6.19. The van der Waals surface area contributed by atoms with E-state index >= 15 is 0 Å². The summed E-state index contributed by atoms with van der Waals surface area (Å²) in [6.07, 6.45) is 3.51. The average molecular weight is 283 g/mol. The van der Waals surface area contributed by atoms with Gasteiger partial charge in [0.15, 0.2) is 0 Å². The van der Waals surface area contributed by atoms with Gasteiger partial charge in [0.2, 0.25) is 0 Å². The molecule has 1 aromatic rings. The van der Waals surface area contributed by atoms with Gasteiger partial charge in [-0.1, -0.05) is 12.8 Å². The van der Waals surface area contributed by atoms with Crippen LogP contribution < -0.4 is 0 Å². The first-order valence-electron chi connectivity index (χ1n) is 7.31. The molecule has 1 aromatic carbocycles. The third kappa shape index (κ3) is 3.18. The van der Waals surface area contributed by atoms with Crippen molar-refractivity contribution in [3.05, 3.63) is 35.4 Å². The summed E-state index contributed by atoms with van der Waals surface area (Å²) in [7, 11) is 0. The first-order valence-corrected chi connectivity index (χ1v) is 7.31. The minimum atomic E-state index is -1.05. The molecule has 1 saturated heterocycles. The summed E-state index contributed by atoms with van der Waals surface area (Å²) in [4.78, 5) is 2.19. The van der Waals surface area contributed by atoms with E-state index in [1.165, 1.54) is 12.8 Å². The number of nitrogens with zero attached hydrogens (tertiary/aromatic N) is 1. The molecule has 4 heteroatoms. The van der Waals surface area contributed by atoms with Crippen LogP contribution >= 0.6 is 0 Å². The molecular formula is C16H23F2NO. The molecule has 0 radical (unpaired) electrons. The Hall–Kier alpha value is -1.00. The smallest absolute Gasteiger partial charge is 0.129 e. The molecule has 0 bridgehead atoms. The van der Waals surface area contributed by atoms with Crippen molar-refractivity contribution in [3.63, 3.8) is 0 Å². The average Bonchev–Trinajstić information content (AvgIpc) is 2.70. The number of likely N-dealkylation sites (tertiary alicyclic amines) is 1. The van der Waals surface area contributed by atoms with E-state index in [4.69, 9.17) is 0 Å². The van der Waals surface area contributed by atoms with Crippen molar-refractivity contribution < 1.29 is 13.9 Å². The van der Waals surface area contributed by atoms with E-state index < -0.39 is 23.3 Å². The monoisotopic (exact) mass is 283 g/mol. The minimum absolute atomic E-state index is 0.0410. The zero-order valence-electron chi connectivity index (χ0n) is 12.2. The van der Waals surface area contributed by atoms with E-state index in [-0.39, 0.29) is 5.56 Å². The summed E-state index contributed by atoms with van der Waals surface area (Å²) < 4.78 is 27.2. The lowest BCUT2D eigenvalue weighted by Gasteiger charge is -2.41. The Morgan fingerprint density at radius 2 is 1.70 bits per heavy atom. The van der Waals surface area contributed by atoms with Crippen LogP contribution in [-0.2, 0) is 0 Å². The molecule has 112 valence electrons. The zero-order valence-corrected chi connectivity index (χ0v) is 12.2. The molecule has 0 saturated carbocycles. The number of benzene rings is 1. The molecule has 1 atom stereocenters. The SMILES string of the molecule is CC(C)(C(O)c1cc(F)ccc1F)N1CCCCCC1. The molecule has 20 heavy (non-hydrogen) atoms. The molecule has 1 N–H and O–H groups in total. The van der Waals surface area contributed by atoms with E-state index in [2.05, 4.69) is 4.90 Å². The molecule has 0 aliphatic carbocycles. The lowest BCUT2D eigenvalue weighted by Crippen LogP contribution is -2.49. The predicted octanol–water partition coefficient (Wildman–Crippen LogP) is 3.65. The predicted molar refractivity (Wildman–Crippen MR) is 75.4 cm³/mol. The molecule has 1 aliphatic rings. The van der Waals surface area contributed by atoms with E-state index in [0.717, 1.165) is 44.1 Å². The van der Waals surface area contributed by atoms with Crippen LogP contribution in [0, 0.1) is 11.6 Å². The largest absolute Gasteiger partial charge is 0.386 e. The minimum Gasteiger partial charge on any atom is -0.386 e. The second-order valence-electron chi connectivity index (χ2n) is 6.12. The van der Waals surface area contributed by atoms with Crippen LogP contribution in [-0.4, -0.2) is 28.6 Å². The third-order valence-electron chi connectivity index (χ3n) is 4.34. The van der Waals surface area contributed by atoms with Gasteiger partial charge in [0.1, 0.15) is 11.6 Å². The van der Waals surface area contributed by atoms with E-state index in [0.29, 0.717) is 0 Å². The highest BCUT2D eigenvalue weighted by molar-refractivity contribution is 5.24. The van der Waals surface area contributed by atoms with Crippen LogP contribution in [0.25, 0.3) is 0 Å². The number of halogens is 2. The van der Waals surface area contributed by atoms with Crippen LogP contribution in [0.2, 0.25) is 0 Å². The Kier molecular flexibility index (Phi) is 4.76. The molecule has 0 aromatic heterocycles. The quantitative estimate of drug-likeness (QED) is 0.915. The molecule has 0 amide bonds. The Bertz CT molecular complexity index is 454. The number of aliphatic hydroxyl groups is 1. The van der Waals surface area contributed by atoms with Gasteiger partial charge in [-0.3, -0.25) is 4.90 Å². The molecule has 2 rings (SSSR count). The maximum Gasteiger partial charge on any atom is 0.129 e. The van der Waals surface area contributed by atoms with Gasteiger partial charge in [0.25, 0.3) is 0 Å². The van der Waals surface area contributed by atoms with Gasteiger partial charge < -0.3 is 5.11 Å². The maximum atomic E-state index is 13.9. The Morgan fingerprint density at radius 1 is 1.10 bits per heavy atom. The van der Waals surface area contributed by atoms with E-state index in [1.54, 1.807) is 0 Å². The first-order chi connectivity index (χ1) is 9.43. The van der Waals surface area contributed by atoms with Crippen molar-refractivity contribution in [1.82, 2.24) is 4.90 Å². The van der Waals surface area contributed by atoms with Gasteiger partial charge in [-0.15, -0.1) is 0 Å². The summed E-state index contributed by atoms with van der Waals surface area (Å²) >= 11 is 0. The van der Waals surface area contributed by atoms with Gasteiger partial charge in [-0.25, -0.2) is 8.78 Å².